The van der Waals surface area contributed by atoms with E-state index in [1.54, 1.807) is 11.8 Å². The van der Waals surface area contributed by atoms with E-state index in [1.165, 1.54) is 18.2 Å². The zero-order valence-electron chi connectivity index (χ0n) is 19.7. The van der Waals surface area contributed by atoms with Gasteiger partial charge in [-0.25, -0.2) is 0 Å². The van der Waals surface area contributed by atoms with Gasteiger partial charge in [-0.3, -0.25) is 38.9 Å². The number of aryl methyl sites for hydroxylation is 1. The number of unbranched alkanes of at least 4 members (excludes halogenated alkanes) is 1. The summed E-state index contributed by atoms with van der Waals surface area (Å²) >= 11 is 0. The lowest BCUT2D eigenvalue weighted by molar-refractivity contribution is -0.136. The van der Waals surface area contributed by atoms with Gasteiger partial charge in [0.2, 0.25) is 11.8 Å². The largest absolute Gasteiger partial charge is 0.483 e. The molecule has 2 aliphatic heterocycles. The standard InChI is InChI=1S/C23H26N6O7/c1-35-12-14-11-28(27-26-14)10-3-2-9-24-19(31)13-36-17-6-4-5-15-20(17)23(34)29(22(15)33)16-7-8-18(30)25-21(16)32/h4-6,11,16H,2-3,7-10,12-13H2,1H3,(H,24,31)(H,25,30,32). The molecule has 0 bridgehead atoms. The molecule has 1 aromatic heterocycles. The summed E-state index contributed by atoms with van der Waals surface area (Å²) in [7, 11) is 1.59. The van der Waals surface area contributed by atoms with Gasteiger partial charge in [0.25, 0.3) is 17.7 Å². The Labute approximate surface area is 206 Å². The third-order valence-electron chi connectivity index (χ3n) is 5.80. The molecule has 1 saturated heterocycles. The first-order chi connectivity index (χ1) is 17.4. The SMILES string of the molecule is COCc1cn(CCCCNC(=O)COc2cccc3c2C(=O)N(C2CCC(=O)NC2=O)C3=O)nn1. The number of piperidine rings is 1. The molecule has 0 saturated carbocycles. The van der Waals surface area contributed by atoms with Crippen molar-refractivity contribution in [2.75, 3.05) is 20.3 Å². The average Bonchev–Trinajstić information content (AvgIpc) is 3.40. The van der Waals surface area contributed by atoms with Gasteiger partial charge >= 0.3 is 0 Å². The van der Waals surface area contributed by atoms with Crippen molar-refractivity contribution in [2.45, 2.75) is 44.9 Å². The van der Waals surface area contributed by atoms with E-state index >= 15 is 0 Å². The van der Waals surface area contributed by atoms with E-state index in [4.69, 9.17) is 9.47 Å². The molecule has 1 unspecified atom stereocenters. The Morgan fingerprint density at radius 2 is 2.03 bits per heavy atom. The second-order valence-corrected chi connectivity index (χ2v) is 8.38. The lowest BCUT2D eigenvalue weighted by Gasteiger charge is -2.27. The molecule has 13 heteroatoms. The molecule has 2 aliphatic rings. The van der Waals surface area contributed by atoms with Crippen molar-refractivity contribution in [3.8, 4) is 5.75 Å². The number of methoxy groups -OCH3 is 1. The third kappa shape index (κ3) is 5.40. The van der Waals surface area contributed by atoms with Crippen LogP contribution in [0.5, 0.6) is 5.75 Å². The molecule has 2 aromatic rings. The first kappa shape index (κ1) is 25.0. The van der Waals surface area contributed by atoms with Gasteiger partial charge in [-0.2, -0.15) is 0 Å². The maximum atomic E-state index is 13.0. The van der Waals surface area contributed by atoms with E-state index in [2.05, 4.69) is 20.9 Å². The Balaban J connectivity index is 1.26. The van der Waals surface area contributed by atoms with Gasteiger partial charge < -0.3 is 14.8 Å². The molecule has 4 rings (SSSR count). The predicted octanol–water partition coefficient (Wildman–Crippen LogP) is -0.199. The minimum atomic E-state index is -1.07. The summed E-state index contributed by atoms with van der Waals surface area (Å²) in [5.41, 5.74) is 0.834. The van der Waals surface area contributed by atoms with Crippen LogP contribution in [0.4, 0.5) is 0 Å². The number of aromatic nitrogens is 3. The fourth-order valence-electron chi connectivity index (χ4n) is 4.09. The normalized spacial score (nSPS) is 17.2. The van der Waals surface area contributed by atoms with Crippen LogP contribution in [0.1, 0.15) is 52.1 Å². The summed E-state index contributed by atoms with van der Waals surface area (Å²) in [5.74, 6) is -2.77. The van der Waals surface area contributed by atoms with Crippen LogP contribution in [0.2, 0.25) is 0 Å². The maximum absolute atomic E-state index is 13.0. The van der Waals surface area contributed by atoms with Gasteiger partial charge in [-0.05, 0) is 31.4 Å². The van der Waals surface area contributed by atoms with Crippen LogP contribution in [-0.4, -0.2) is 75.7 Å². The second-order valence-electron chi connectivity index (χ2n) is 8.38. The van der Waals surface area contributed by atoms with Crippen molar-refractivity contribution in [1.82, 2.24) is 30.5 Å². The van der Waals surface area contributed by atoms with E-state index in [-0.39, 0.29) is 42.2 Å². The van der Waals surface area contributed by atoms with Crippen molar-refractivity contribution in [2.24, 2.45) is 0 Å². The zero-order chi connectivity index (χ0) is 25.7. The smallest absolute Gasteiger partial charge is 0.266 e. The molecule has 0 spiro atoms. The van der Waals surface area contributed by atoms with Gasteiger partial charge in [0, 0.05) is 26.6 Å². The van der Waals surface area contributed by atoms with E-state index < -0.39 is 29.7 Å². The molecule has 5 amide bonds. The maximum Gasteiger partial charge on any atom is 0.266 e. The zero-order valence-corrected chi connectivity index (χ0v) is 19.7. The summed E-state index contributed by atoms with van der Waals surface area (Å²) in [5, 5.41) is 12.9. The van der Waals surface area contributed by atoms with Crippen molar-refractivity contribution < 1.29 is 33.4 Å². The number of carbonyl (C=O) groups excluding carboxylic acids is 5. The van der Waals surface area contributed by atoms with Gasteiger partial charge in [0.1, 0.15) is 17.5 Å². The monoisotopic (exact) mass is 498 g/mol. The molecule has 0 radical (unpaired) electrons. The quantitative estimate of drug-likeness (QED) is 0.316. The topological polar surface area (TPSA) is 162 Å². The van der Waals surface area contributed by atoms with Crippen LogP contribution in [0.15, 0.2) is 24.4 Å². The number of hydrogen-bond donors (Lipinski definition) is 2. The number of imide groups is 2. The summed E-state index contributed by atoms with van der Waals surface area (Å²) in [4.78, 5) is 62.6. The molecular weight excluding hydrogens is 472 g/mol. The van der Waals surface area contributed by atoms with Gasteiger partial charge in [0.15, 0.2) is 6.61 Å². The molecule has 3 heterocycles. The number of hydrogen-bond acceptors (Lipinski definition) is 9. The van der Waals surface area contributed by atoms with Crippen LogP contribution in [0.3, 0.4) is 0 Å². The van der Waals surface area contributed by atoms with Gasteiger partial charge in [-0.15, -0.1) is 5.10 Å². The highest BCUT2D eigenvalue weighted by atomic mass is 16.5. The van der Waals surface area contributed by atoms with Crippen LogP contribution in [0.25, 0.3) is 0 Å². The molecule has 36 heavy (non-hydrogen) atoms. The highest BCUT2D eigenvalue weighted by molar-refractivity contribution is 6.24. The molecule has 1 aromatic carbocycles. The van der Waals surface area contributed by atoms with Crippen LogP contribution in [-0.2, 0) is 32.3 Å². The molecule has 1 fully saturated rings. The molecule has 1 atom stereocenters. The molecule has 190 valence electrons. The first-order valence-electron chi connectivity index (χ1n) is 11.5. The number of nitrogens with zero attached hydrogens (tertiary/aromatic N) is 4. The number of rotatable bonds is 11. The van der Waals surface area contributed by atoms with Crippen molar-refractivity contribution >= 4 is 29.5 Å². The summed E-state index contributed by atoms with van der Waals surface area (Å²) in [6.45, 7) is 1.13. The minimum Gasteiger partial charge on any atom is -0.483 e. The van der Waals surface area contributed by atoms with Crippen molar-refractivity contribution in [3.63, 3.8) is 0 Å². The Bertz CT molecular complexity index is 1190. The summed E-state index contributed by atoms with van der Waals surface area (Å²) in [6.07, 6.45) is 3.37. The van der Waals surface area contributed by atoms with E-state index in [0.29, 0.717) is 26.1 Å². The van der Waals surface area contributed by atoms with Crippen molar-refractivity contribution in [3.05, 3.63) is 41.2 Å². The highest BCUT2D eigenvalue weighted by Gasteiger charge is 2.46. The average molecular weight is 498 g/mol. The molecule has 0 aliphatic carbocycles. The number of carbonyl (C=O) groups is 5. The molecular formula is C23H26N6O7. The van der Waals surface area contributed by atoms with Crippen LogP contribution >= 0.6 is 0 Å². The Morgan fingerprint density at radius 1 is 1.19 bits per heavy atom. The highest BCUT2D eigenvalue weighted by Crippen LogP contribution is 2.33. The lowest BCUT2D eigenvalue weighted by atomic mass is 10.0. The van der Waals surface area contributed by atoms with E-state index in [9.17, 15) is 24.0 Å². The lowest BCUT2D eigenvalue weighted by Crippen LogP contribution is -2.54. The van der Waals surface area contributed by atoms with Crippen LogP contribution < -0.4 is 15.4 Å². The number of nitrogens with one attached hydrogen (secondary N) is 2. The van der Waals surface area contributed by atoms with Gasteiger partial charge in [0.05, 0.1) is 23.9 Å². The summed E-state index contributed by atoms with van der Waals surface area (Å²) in [6, 6.07) is 3.41. The Morgan fingerprint density at radius 3 is 2.81 bits per heavy atom. The second kappa shape index (κ2) is 11.1. The number of benzene rings is 1. The van der Waals surface area contributed by atoms with Gasteiger partial charge in [-0.1, -0.05) is 11.3 Å². The van der Waals surface area contributed by atoms with E-state index in [0.717, 1.165) is 17.0 Å². The fourth-order valence-corrected chi connectivity index (χ4v) is 4.09. The first-order valence-corrected chi connectivity index (χ1v) is 11.5. The minimum absolute atomic E-state index is 0.000624. The third-order valence-corrected chi connectivity index (χ3v) is 5.80. The van der Waals surface area contributed by atoms with E-state index in [1.807, 2.05) is 6.20 Å². The molecule has 2 N–H and O–H groups in total. The number of amides is 5. The molecule has 13 nitrogen and oxygen atoms in total. The number of ether oxygens (including phenoxy) is 2. The Hall–Kier alpha value is -4.13. The fraction of sp³-hybridized carbons (Fsp3) is 0.435. The Kier molecular flexibility index (Phi) is 7.68. The predicted molar refractivity (Wildman–Crippen MR) is 122 cm³/mol. The van der Waals surface area contributed by atoms with Crippen molar-refractivity contribution in [1.29, 1.82) is 0 Å². The summed E-state index contributed by atoms with van der Waals surface area (Å²) < 4.78 is 12.3. The van der Waals surface area contributed by atoms with Crippen LogP contribution in [0, 0.1) is 0 Å². The number of fused-ring (bicyclic) bond motifs is 1.